The van der Waals surface area contributed by atoms with Crippen LogP contribution in [0.3, 0.4) is 0 Å². The molecule has 0 amide bonds. The van der Waals surface area contributed by atoms with Gasteiger partial charge in [-0.25, -0.2) is 9.37 Å². The minimum absolute atomic E-state index is 0.250. The second kappa shape index (κ2) is 5.54. The van der Waals surface area contributed by atoms with E-state index in [1.54, 1.807) is 17.4 Å². The van der Waals surface area contributed by atoms with Crippen LogP contribution in [0.25, 0.3) is 11.0 Å². The first-order valence-electron chi connectivity index (χ1n) is 6.49. The number of hydrogen-bond acceptors (Lipinski definition) is 2. The van der Waals surface area contributed by atoms with Gasteiger partial charge in [0.1, 0.15) is 11.6 Å². The normalized spacial score (nSPS) is 11.3. The van der Waals surface area contributed by atoms with E-state index in [2.05, 4.69) is 24.0 Å². The van der Waals surface area contributed by atoms with Crippen LogP contribution in [0.1, 0.15) is 22.5 Å². The first-order valence-corrected chi connectivity index (χ1v) is 7.84. The Bertz CT molecular complexity index is 747. The SMILES string of the molecule is CCc1ccc(Cn2c(CCl)nc3ccc(F)cc32)s1. The Morgan fingerprint density at radius 2 is 2.05 bits per heavy atom. The summed E-state index contributed by atoms with van der Waals surface area (Å²) in [7, 11) is 0. The van der Waals surface area contributed by atoms with Crippen LogP contribution in [-0.4, -0.2) is 9.55 Å². The Morgan fingerprint density at radius 1 is 1.25 bits per heavy atom. The van der Waals surface area contributed by atoms with E-state index in [-0.39, 0.29) is 5.82 Å². The maximum atomic E-state index is 13.5. The van der Waals surface area contributed by atoms with Crippen molar-refractivity contribution in [1.29, 1.82) is 0 Å². The molecule has 104 valence electrons. The molecule has 2 aromatic heterocycles. The molecule has 0 radical (unpaired) electrons. The average molecular weight is 309 g/mol. The number of halogens is 2. The molecule has 0 N–H and O–H groups in total. The monoisotopic (exact) mass is 308 g/mol. The molecule has 0 unspecified atom stereocenters. The van der Waals surface area contributed by atoms with Crippen molar-refractivity contribution in [1.82, 2.24) is 9.55 Å². The van der Waals surface area contributed by atoms with Crippen molar-refractivity contribution in [3.05, 3.63) is 51.7 Å². The highest BCUT2D eigenvalue weighted by atomic mass is 35.5. The molecule has 3 aromatic rings. The molecule has 0 fully saturated rings. The van der Waals surface area contributed by atoms with E-state index in [4.69, 9.17) is 11.6 Å². The molecule has 5 heteroatoms. The predicted octanol–water partition coefficient (Wildman–Crippen LogP) is 4.59. The minimum Gasteiger partial charge on any atom is -0.322 e. The van der Waals surface area contributed by atoms with Crippen LogP contribution >= 0.6 is 22.9 Å². The van der Waals surface area contributed by atoms with Gasteiger partial charge in [0, 0.05) is 9.75 Å². The van der Waals surface area contributed by atoms with Gasteiger partial charge in [-0.2, -0.15) is 0 Å². The molecular formula is C15H14ClFN2S. The third-order valence-corrected chi connectivity index (χ3v) is 4.74. The number of aryl methyl sites for hydroxylation is 1. The molecule has 1 aromatic carbocycles. The van der Waals surface area contributed by atoms with Gasteiger partial charge in [0.15, 0.2) is 0 Å². The molecule has 0 spiro atoms. The highest BCUT2D eigenvalue weighted by molar-refractivity contribution is 7.11. The van der Waals surface area contributed by atoms with Crippen molar-refractivity contribution in [2.75, 3.05) is 0 Å². The summed E-state index contributed by atoms with van der Waals surface area (Å²) in [6.07, 6.45) is 1.03. The number of rotatable bonds is 4. The maximum absolute atomic E-state index is 13.5. The summed E-state index contributed by atoms with van der Waals surface area (Å²) < 4.78 is 15.5. The first-order chi connectivity index (χ1) is 9.71. The molecule has 0 aliphatic heterocycles. The quantitative estimate of drug-likeness (QED) is 0.645. The van der Waals surface area contributed by atoms with Crippen molar-refractivity contribution in [2.45, 2.75) is 25.8 Å². The van der Waals surface area contributed by atoms with Crippen molar-refractivity contribution >= 4 is 34.0 Å². The highest BCUT2D eigenvalue weighted by Crippen LogP contribution is 2.23. The van der Waals surface area contributed by atoms with Crippen molar-refractivity contribution < 1.29 is 4.39 Å². The molecule has 2 nitrogen and oxygen atoms in total. The van der Waals surface area contributed by atoms with Crippen LogP contribution in [0.5, 0.6) is 0 Å². The number of alkyl halides is 1. The molecule has 0 bridgehead atoms. The number of nitrogens with zero attached hydrogens (tertiary/aromatic N) is 2. The van der Waals surface area contributed by atoms with Gasteiger partial charge in [-0.1, -0.05) is 6.92 Å². The van der Waals surface area contributed by atoms with Gasteiger partial charge < -0.3 is 4.57 Å². The zero-order valence-electron chi connectivity index (χ0n) is 11.1. The lowest BCUT2D eigenvalue weighted by Crippen LogP contribution is -2.02. The third-order valence-electron chi connectivity index (χ3n) is 3.29. The Balaban J connectivity index is 2.06. The van der Waals surface area contributed by atoms with Gasteiger partial charge in [-0.05, 0) is 36.8 Å². The number of benzene rings is 1. The van der Waals surface area contributed by atoms with Gasteiger partial charge in [0.25, 0.3) is 0 Å². The van der Waals surface area contributed by atoms with Gasteiger partial charge in [-0.15, -0.1) is 22.9 Å². The summed E-state index contributed by atoms with van der Waals surface area (Å²) in [4.78, 5) is 7.05. The van der Waals surface area contributed by atoms with E-state index < -0.39 is 0 Å². The summed E-state index contributed by atoms with van der Waals surface area (Å²) in [6, 6.07) is 8.90. The van der Waals surface area contributed by atoms with Crippen LogP contribution < -0.4 is 0 Å². The zero-order chi connectivity index (χ0) is 14.1. The lowest BCUT2D eigenvalue weighted by Gasteiger charge is -2.06. The molecule has 0 aliphatic carbocycles. The summed E-state index contributed by atoms with van der Waals surface area (Å²) in [5.74, 6) is 0.849. The number of hydrogen-bond donors (Lipinski definition) is 0. The molecule has 3 rings (SSSR count). The Labute approximate surface area is 125 Å². The fraction of sp³-hybridized carbons (Fsp3) is 0.267. The number of imidazole rings is 1. The smallest absolute Gasteiger partial charge is 0.125 e. The molecule has 0 saturated carbocycles. The topological polar surface area (TPSA) is 17.8 Å². The fourth-order valence-electron chi connectivity index (χ4n) is 2.28. The standard InChI is InChI=1S/C15H14ClFN2S/c1-2-11-4-5-12(20-11)9-19-14-7-10(17)3-6-13(14)18-15(19)8-16/h3-7H,2,8-9H2,1H3. The fourth-order valence-corrected chi connectivity index (χ4v) is 3.43. The number of fused-ring (bicyclic) bond motifs is 1. The van der Waals surface area contributed by atoms with E-state index in [1.165, 1.54) is 21.9 Å². The molecule has 0 aliphatic rings. The summed E-state index contributed by atoms with van der Waals surface area (Å²) in [6.45, 7) is 2.83. The van der Waals surface area contributed by atoms with Crippen LogP contribution in [0.2, 0.25) is 0 Å². The second-order valence-electron chi connectivity index (χ2n) is 4.60. The van der Waals surface area contributed by atoms with E-state index in [9.17, 15) is 4.39 Å². The Kier molecular flexibility index (Phi) is 3.76. The lowest BCUT2D eigenvalue weighted by atomic mass is 10.3. The van der Waals surface area contributed by atoms with Crippen LogP contribution in [0.4, 0.5) is 4.39 Å². The van der Waals surface area contributed by atoms with Crippen LogP contribution in [0.15, 0.2) is 30.3 Å². The minimum atomic E-state index is -0.250. The molecule has 0 atom stereocenters. The lowest BCUT2D eigenvalue weighted by molar-refractivity contribution is 0.628. The Morgan fingerprint density at radius 3 is 2.75 bits per heavy atom. The predicted molar refractivity (Wildman–Crippen MR) is 82.0 cm³/mol. The molecular weight excluding hydrogens is 295 g/mol. The van der Waals surface area contributed by atoms with Gasteiger partial charge in [0.05, 0.1) is 23.5 Å². The maximum Gasteiger partial charge on any atom is 0.125 e. The van der Waals surface area contributed by atoms with Crippen molar-refractivity contribution in [3.8, 4) is 0 Å². The zero-order valence-corrected chi connectivity index (χ0v) is 12.6. The van der Waals surface area contributed by atoms with Gasteiger partial charge in [-0.3, -0.25) is 0 Å². The van der Waals surface area contributed by atoms with Gasteiger partial charge in [0.2, 0.25) is 0 Å². The van der Waals surface area contributed by atoms with Crippen LogP contribution in [0, 0.1) is 5.82 Å². The molecule has 0 saturated heterocycles. The third kappa shape index (κ3) is 2.45. The van der Waals surface area contributed by atoms with Crippen LogP contribution in [-0.2, 0) is 18.8 Å². The second-order valence-corrected chi connectivity index (χ2v) is 6.12. The number of aromatic nitrogens is 2. The van der Waals surface area contributed by atoms with Gasteiger partial charge >= 0.3 is 0 Å². The Hall–Kier alpha value is -1.39. The molecule has 20 heavy (non-hydrogen) atoms. The summed E-state index contributed by atoms with van der Waals surface area (Å²) in [5, 5.41) is 0. The summed E-state index contributed by atoms with van der Waals surface area (Å²) in [5.41, 5.74) is 1.58. The van der Waals surface area contributed by atoms with E-state index in [0.717, 1.165) is 23.3 Å². The van der Waals surface area contributed by atoms with Crippen molar-refractivity contribution in [2.24, 2.45) is 0 Å². The number of thiophene rings is 1. The first kappa shape index (κ1) is 13.6. The van der Waals surface area contributed by atoms with E-state index in [0.29, 0.717) is 12.4 Å². The highest BCUT2D eigenvalue weighted by Gasteiger charge is 2.12. The largest absolute Gasteiger partial charge is 0.322 e. The van der Waals surface area contributed by atoms with Crippen molar-refractivity contribution in [3.63, 3.8) is 0 Å². The van der Waals surface area contributed by atoms with E-state index in [1.807, 2.05) is 4.57 Å². The van der Waals surface area contributed by atoms with E-state index >= 15 is 0 Å². The summed E-state index contributed by atoms with van der Waals surface area (Å²) >= 11 is 7.75. The average Bonchev–Trinajstić information content (AvgIpc) is 3.04. The molecule has 2 heterocycles.